The van der Waals surface area contributed by atoms with Gasteiger partial charge in [0.1, 0.15) is 17.2 Å². The average molecular weight is 382 g/mol. The molecular weight excluding hydrogens is 346 g/mol. The molecule has 154 valence electrons. The summed E-state index contributed by atoms with van der Waals surface area (Å²) in [5, 5.41) is 15.9. The summed E-state index contributed by atoms with van der Waals surface area (Å²) in [4.78, 5) is 4.68. The van der Waals surface area contributed by atoms with Crippen molar-refractivity contribution in [3.05, 3.63) is 17.7 Å². The maximum absolute atomic E-state index is 9.23. The number of nitrogens with one attached hydrogen (secondary N) is 2. The molecule has 0 amide bonds. The Morgan fingerprint density at radius 1 is 1.04 bits per heavy atom. The molecule has 0 aliphatic rings. The Balaban J connectivity index is 2.93. The van der Waals surface area contributed by atoms with Crippen molar-refractivity contribution in [2.45, 2.75) is 39.7 Å². The van der Waals surface area contributed by atoms with E-state index in [0.29, 0.717) is 29.7 Å². The van der Waals surface area contributed by atoms with E-state index >= 15 is 0 Å². The number of aliphatic hydroxyl groups excluding tert-OH is 1. The maximum atomic E-state index is 9.23. The summed E-state index contributed by atoms with van der Waals surface area (Å²) in [6.07, 6.45) is 2.97. The molecule has 27 heavy (non-hydrogen) atoms. The van der Waals surface area contributed by atoms with Crippen LogP contribution in [-0.4, -0.2) is 52.1 Å². The fourth-order valence-corrected chi connectivity index (χ4v) is 2.91. The maximum Gasteiger partial charge on any atom is 0.191 e. The zero-order chi connectivity index (χ0) is 20.1. The van der Waals surface area contributed by atoms with Crippen LogP contribution in [0, 0.1) is 5.92 Å². The van der Waals surface area contributed by atoms with E-state index in [1.54, 1.807) is 21.3 Å². The molecule has 7 heteroatoms. The summed E-state index contributed by atoms with van der Waals surface area (Å²) in [6, 6.07) is 3.65. The molecule has 0 bridgehead atoms. The van der Waals surface area contributed by atoms with Crippen LogP contribution in [0.4, 0.5) is 0 Å². The van der Waals surface area contributed by atoms with Gasteiger partial charge >= 0.3 is 0 Å². The first kappa shape index (κ1) is 22.9. The van der Waals surface area contributed by atoms with Gasteiger partial charge in [-0.2, -0.15) is 0 Å². The minimum atomic E-state index is 0.209. The number of hydrogen-bond donors (Lipinski definition) is 3. The monoisotopic (exact) mass is 381 g/mol. The van der Waals surface area contributed by atoms with Crippen LogP contribution in [0.15, 0.2) is 17.1 Å². The molecule has 0 fully saturated rings. The molecule has 1 atom stereocenters. The lowest BCUT2D eigenvalue weighted by Gasteiger charge is -2.19. The van der Waals surface area contributed by atoms with Crippen LogP contribution in [0.3, 0.4) is 0 Å². The second-order valence-corrected chi connectivity index (χ2v) is 6.25. The minimum absolute atomic E-state index is 0.209. The Morgan fingerprint density at radius 2 is 1.70 bits per heavy atom. The molecule has 1 unspecified atom stereocenters. The van der Waals surface area contributed by atoms with Crippen molar-refractivity contribution in [2.24, 2.45) is 10.9 Å². The van der Waals surface area contributed by atoms with Crippen molar-refractivity contribution in [3.63, 3.8) is 0 Å². The van der Waals surface area contributed by atoms with Gasteiger partial charge in [0.2, 0.25) is 0 Å². The number of hydrogen-bond acceptors (Lipinski definition) is 5. The molecule has 0 saturated carbocycles. The van der Waals surface area contributed by atoms with Gasteiger partial charge in [0.25, 0.3) is 0 Å². The van der Waals surface area contributed by atoms with E-state index in [0.717, 1.165) is 43.9 Å². The van der Waals surface area contributed by atoms with Crippen LogP contribution in [0.1, 0.15) is 38.7 Å². The van der Waals surface area contributed by atoms with E-state index in [4.69, 9.17) is 14.2 Å². The van der Waals surface area contributed by atoms with Crippen molar-refractivity contribution < 1.29 is 19.3 Å². The first-order valence-corrected chi connectivity index (χ1v) is 9.55. The zero-order valence-electron chi connectivity index (χ0n) is 17.3. The number of methoxy groups -OCH3 is 3. The lowest BCUT2D eigenvalue weighted by molar-refractivity contribution is 0.251. The number of nitrogens with zero attached hydrogens (tertiary/aromatic N) is 1. The first-order valence-electron chi connectivity index (χ1n) is 9.55. The van der Waals surface area contributed by atoms with Gasteiger partial charge in [-0.3, -0.25) is 0 Å². The molecule has 3 N–H and O–H groups in total. The quantitative estimate of drug-likeness (QED) is 0.381. The molecule has 0 aliphatic carbocycles. The van der Waals surface area contributed by atoms with E-state index in [9.17, 15) is 5.11 Å². The van der Waals surface area contributed by atoms with Crippen molar-refractivity contribution in [2.75, 3.05) is 41.0 Å². The molecule has 0 heterocycles. The van der Waals surface area contributed by atoms with E-state index in [-0.39, 0.29) is 6.61 Å². The third-order valence-corrected chi connectivity index (χ3v) is 4.35. The summed E-state index contributed by atoms with van der Waals surface area (Å²) in [6.45, 7) is 6.34. The summed E-state index contributed by atoms with van der Waals surface area (Å²) < 4.78 is 16.3. The molecule has 1 rings (SSSR count). The van der Waals surface area contributed by atoms with Gasteiger partial charge in [-0.15, -0.1) is 0 Å². The number of aliphatic imine (C=N–C) groups is 1. The fraction of sp³-hybridized carbons (Fsp3) is 0.650. The molecule has 1 aromatic carbocycles. The van der Waals surface area contributed by atoms with Crippen LogP contribution >= 0.6 is 0 Å². The number of aliphatic hydroxyl groups is 1. The van der Waals surface area contributed by atoms with Crippen LogP contribution < -0.4 is 24.8 Å². The van der Waals surface area contributed by atoms with Crippen molar-refractivity contribution in [1.29, 1.82) is 0 Å². The molecule has 0 aromatic heterocycles. The predicted octanol–water partition coefficient (Wildman–Crippen LogP) is 2.57. The van der Waals surface area contributed by atoms with Crippen molar-refractivity contribution in [3.8, 4) is 17.2 Å². The van der Waals surface area contributed by atoms with Gasteiger partial charge in [-0.05, 0) is 25.7 Å². The van der Waals surface area contributed by atoms with Gasteiger partial charge in [0, 0.05) is 31.8 Å². The number of guanidine groups is 1. The van der Waals surface area contributed by atoms with E-state index in [1.165, 1.54) is 0 Å². The summed E-state index contributed by atoms with van der Waals surface area (Å²) in [5.41, 5.74) is 0.860. The van der Waals surface area contributed by atoms with Gasteiger partial charge in [0.05, 0.1) is 33.4 Å². The highest BCUT2D eigenvalue weighted by Gasteiger charge is 2.14. The fourth-order valence-electron chi connectivity index (χ4n) is 2.91. The molecule has 0 radical (unpaired) electrons. The van der Waals surface area contributed by atoms with E-state index in [1.807, 2.05) is 19.1 Å². The number of rotatable bonds is 12. The normalized spacial score (nSPS) is 12.4. The van der Waals surface area contributed by atoms with E-state index < -0.39 is 0 Å². The number of benzene rings is 1. The summed E-state index contributed by atoms with van der Waals surface area (Å²) in [7, 11) is 4.85. The minimum Gasteiger partial charge on any atom is -0.496 e. The second-order valence-electron chi connectivity index (χ2n) is 6.25. The Kier molecular flexibility index (Phi) is 11.1. The Bertz CT molecular complexity index is 547. The zero-order valence-corrected chi connectivity index (χ0v) is 17.3. The van der Waals surface area contributed by atoms with Gasteiger partial charge < -0.3 is 30.0 Å². The lowest BCUT2D eigenvalue weighted by Crippen LogP contribution is -2.40. The highest BCUT2D eigenvalue weighted by atomic mass is 16.5. The summed E-state index contributed by atoms with van der Waals surface area (Å²) >= 11 is 0. The van der Waals surface area contributed by atoms with Crippen LogP contribution in [0.2, 0.25) is 0 Å². The second kappa shape index (κ2) is 13.1. The van der Waals surface area contributed by atoms with E-state index in [2.05, 4.69) is 22.5 Å². The number of ether oxygens (including phenoxy) is 3. The van der Waals surface area contributed by atoms with Gasteiger partial charge in [-0.1, -0.05) is 13.3 Å². The van der Waals surface area contributed by atoms with Crippen LogP contribution in [0.5, 0.6) is 17.2 Å². The highest BCUT2D eigenvalue weighted by molar-refractivity contribution is 5.79. The van der Waals surface area contributed by atoms with Crippen molar-refractivity contribution >= 4 is 5.96 Å². The molecule has 1 aromatic rings. The van der Waals surface area contributed by atoms with Crippen LogP contribution in [0.25, 0.3) is 0 Å². The predicted molar refractivity (Wildman–Crippen MR) is 109 cm³/mol. The molecule has 7 nitrogen and oxygen atoms in total. The Morgan fingerprint density at radius 3 is 2.19 bits per heavy atom. The molecule has 0 saturated heterocycles. The highest BCUT2D eigenvalue weighted by Crippen LogP contribution is 2.34. The smallest absolute Gasteiger partial charge is 0.191 e. The third kappa shape index (κ3) is 7.54. The molecule has 0 aliphatic heterocycles. The Hall–Kier alpha value is -2.15. The lowest BCUT2D eigenvalue weighted by atomic mass is 10.0. The SMILES string of the molecule is CCCC(CCO)CNC(=NCc1c(OC)cc(OC)cc1OC)NCC. The largest absolute Gasteiger partial charge is 0.496 e. The standard InChI is InChI=1S/C20H35N3O4/c1-6-8-15(9-10-24)13-22-20(21-7-2)23-14-17-18(26-4)11-16(25-3)12-19(17)27-5/h11-12,15,24H,6-10,13-14H2,1-5H3,(H2,21,22,23). The molecule has 0 spiro atoms. The average Bonchev–Trinajstić information content (AvgIpc) is 2.69. The third-order valence-electron chi connectivity index (χ3n) is 4.35. The summed E-state index contributed by atoms with van der Waals surface area (Å²) in [5.74, 6) is 3.18. The Labute approximate surface area is 163 Å². The van der Waals surface area contributed by atoms with Crippen molar-refractivity contribution in [1.82, 2.24) is 10.6 Å². The first-order chi connectivity index (χ1) is 13.1. The van der Waals surface area contributed by atoms with Gasteiger partial charge in [0.15, 0.2) is 5.96 Å². The van der Waals surface area contributed by atoms with Crippen LogP contribution in [-0.2, 0) is 6.54 Å². The topological polar surface area (TPSA) is 84.3 Å². The van der Waals surface area contributed by atoms with Gasteiger partial charge in [-0.25, -0.2) is 4.99 Å². The molecular formula is C20H35N3O4.